The van der Waals surface area contributed by atoms with Crippen LogP contribution in [0.4, 0.5) is 24.5 Å². The normalized spacial score (nSPS) is 15.6. The maximum atomic E-state index is 13.5. The molecule has 1 aliphatic rings. The number of halogens is 3. The lowest BCUT2D eigenvalue weighted by Crippen LogP contribution is -2.49. The summed E-state index contributed by atoms with van der Waals surface area (Å²) in [6, 6.07) is 10.3. The quantitative estimate of drug-likeness (QED) is 0.677. The number of anilines is 2. The van der Waals surface area contributed by atoms with Gasteiger partial charge in [-0.3, -0.25) is 9.69 Å². The number of alkyl halides is 3. The summed E-state index contributed by atoms with van der Waals surface area (Å²) in [6.07, 6.45) is -3.83. The Bertz CT molecular complexity index is 1060. The summed E-state index contributed by atoms with van der Waals surface area (Å²) in [4.78, 5) is 15.1. The van der Waals surface area contributed by atoms with Gasteiger partial charge in [-0.2, -0.15) is 13.2 Å². The van der Waals surface area contributed by atoms with Crippen molar-refractivity contribution in [2.45, 2.75) is 24.4 Å². The summed E-state index contributed by atoms with van der Waals surface area (Å²) in [7, 11) is -4.26. The number of hydrogen-bond donors (Lipinski definition) is 2. The SMILES string of the molecule is CCc1ccc(NC(=O)CN2CCN(c3ccc(S(N)(=O)=O)cc3C(F)(F)F)CC2)cc1. The second-order valence-corrected chi connectivity index (χ2v) is 9.14. The van der Waals surface area contributed by atoms with Gasteiger partial charge in [0.2, 0.25) is 15.9 Å². The van der Waals surface area contributed by atoms with E-state index in [0.717, 1.165) is 24.1 Å². The number of carbonyl (C=O) groups excluding carboxylic acids is 1. The van der Waals surface area contributed by atoms with Crippen molar-refractivity contribution in [1.29, 1.82) is 0 Å². The first-order chi connectivity index (χ1) is 15.0. The second-order valence-electron chi connectivity index (χ2n) is 7.58. The number of sulfonamides is 1. The topological polar surface area (TPSA) is 95.7 Å². The number of primary sulfonamides is 1. The Morgan fingerprint density at radius 1 is 1.06 bits per heavy atom. The Labute approximate surface area is 185 Å². The molecule has 2 aromatic rings. The first-order valence-electron chi connectivity index (χ1n) is 10.1. The molecule has 0 aromatic heterocycles. The first-order valence-corrected chi connectivity index (χ1v) is 11.6. The van der Waals surface area contributed by atoms with E-state index in [9.17, 15) is 26.4 Å². The van der Waals surface area contributed by atoms with Crippen LogP contribution in [0.2, 0.25) is 0 Å². The van der Waals surface area contributed by atoms with Crippen molar-refractivity contribution < 1.29 is 26.4 Å². The molecule has 0 aliphatic carbocycles. The van der Waals surface area contributed by atoms with E-state index in [2.05, 4.69) is 5.32 Å². The van der Waals surface area contributed by atoms with Gasteiger partial charge in [-0.05, 0) is 42.3 Å². The molecule has 0 unspecified atom stereocenters. The van der Waals surface area contributed by atoms with Gasteiger partial charge in [-0.15, -0.1) is 0 Å². The van der Waals surface area contributed by atoms with Crippen LogP contribution >= 0.6 is 0 Å². The van der Waals surface area contributed by atoms with E-state index in [1.54, 1.807) is 0 Å². The highest BCUT2D eigenvalue weighted by atomic mass is 32.2. The van der Waals surface area contributed by atoms with Crippen molar-refractivity contribution in [3.63, 3.8) is 0 Å². The maximum absolute atomic E-state index is 13.5. The van der Waals surface area contributed by atoms with Crippen LogP contribution in [0.3, 0.4) is 0 Å². The highest BCUT2D eigenvalue weighted by Gasteiger charge is 2.36. The Morgan fingerprint density at radius 2 is 1.69 bits per heavy atom. The van der Waals surface area contributed by atoms with Crippen LogP contribution in [0.25, 0.3) is 0 Å². The van der Waals surface area contributed by atoms with Crippen molar-refractivity contribution >= 4 is 27.3 Å². The number of benzene rings is 2. The number of nitrogens with two attached hydrogens (primary N) is 1. The highest BCUT2D eigenvalue weighted by molar-refractivity contribution is 7.89. The molecule has 11 heteroatoms. The number of carbonyl (C=O) groups is 1. The molecule has 0 atom stereocenters. The van der Waals surface area contributed by atoms with Crippen molar-refractivity contribution in [2.75, 3.05) is 42.9 Å². The number of aryl methyl sites for hydroxylation is 1. The maximum Gasteiger partial charge on any atom is 0.418 e. The Balaban J connectivity index is 1.63. The van der Waals surface area contributed by atoms with Gasteiger partial charge in [0.15, 0.2) is 0 Å². The van der Waals surface area contributed by atoms with E-state index < -0.39 is 26.7 Å². The fourth-order valence-corrected chi connectivity index (χ4v) is 4.11. The highest BCUT2D eigenvalue weighted by Crippen LogP contribution is 2.38. The van der Waals surface area contributed by atoms with Gasteiger partial charge in [0.1, 0.15) is 0 Å². The van der Waals surface area contributed by atoms with Crippen LogP contribution in [0.1, 0.15) is 18.1 Å². The van der Waals surface area contributed by atoms with Gasteiger partial charge < -0.3 is 10.2 Å². The van der Waals surface area contributed by atoms with Gasteiger partial charge in [-0.25, -0.2) is 13.6 Å². The molecule has 1 saturated heterocycles. The van der Waals surface area contributed by atoms with Crippen LogP contribution in [0.5, 0.6) is 0 Å². The Morgan fingerprint density at radius 3 is 2.22 bits per heavy atom. The Kier molecular flexibility index (Phi) is 7.11. The minimum atomic E-state index is -4.74. The van der Waals surface area contributed by atoms with E-state index in [4.69, 9.17) is 5.14 Å². The lowest BCUT2D eigenvalue weighted by molar-refractivity contribution is -0.137. The van der Waals surface area contributed by atoms with Crippen molar-refractivity contribution in [1.82, 2.24) is 4.90 Å². The lowest BCUT2D eigenvalue weighted by atomic mass is 10.1. The zero-order valence-corrected chi connectivity index (χ0v) is 18.3. The van der Waals surface area contributed by atoms with Gasteiger partial charge in [0.25, 0.3) is 0 Å². The minimum absolute atomic E-state index is 0.106. The largest absolute Gasteiger partial charge is 0.418 e. The van der Waals surface area contributed by atoms with Crippen LogP contribution < -0.4 is 15.4 Å². The molecule has 2 aromatic carbocycles. The van der Waals surface area contributed by atoms with Gasteiger partial charge >= 0.3 is 6.18 Å². The summed E-state index contributed by atoms with van der Waals surface area (Å²) in [6.45, 7) is 3.46. The molecule has 1 amide bonds. The standard InChI is InChI=1S/C21H25F3N4O3S/c1-2-15-3-5-16(6-4-15)26-20(29)14-27-9-11-28(12-10-27)19-8-7-17(32(25,30)31)13-18(19)21(22,23)24/h3-8,13H,2,9-12,14H2,1H3,(H,26,29)(H2,25,30,31). The fourth-order valence-electron chi connectivity index (χ4n) is 3.57. The number of hydrogen-bond acceptors (Lipinski definition) is 5. The summed E-state index contributed by atoms with van der Waals surface area (Å²) < 4.78 is 63.6. The molecule has 1 heterocycles. The second kappa shape index (κ2) is 9.47. The average molecular weight is 471 g/mol. The van der Waals surface area contributed by atoms with E-state index in [1.807, 2.05) is 36.1 Å². The van der Waals surface area contributed by atoms with Crippen molar-refractivity contribution in [3.8, 4) is 0 Å². The fraction of sp³-hybridized carbons (Fsp3) is 0.381. The zero-order valence-electron chi connectivity index (χ0n) is 17.5. The molecular formula is C21H25F3N4O3S. The number of nitrogens with zero attached hydrogens (tertiary/aromatic N) is 2. The van der Waals surface area contributed by atoms with E-state index in [0.29, 0.717) is 24.8 Å². The predicted molar refractivity (Wildman–Crippen MR) is 116 cm³/mol. The van der Waals surface area contributed by atoms with Crippen molar-refractivity contribution in [3.05, 3.63) is 53.6 Å². The minimum Gasteiger partial charge on any atom is -0.368 e. The molecule has 0 radical (unpaired) electrons. The third-order valence-electron chi connectivity index (χ3n) is 5.33. The molecule has 1 aliphatic heterocycles. The lowest BCUT2D eigenvalue weighted by Gasteiger charge is -2.36. The Hall–Kier alpha value is -2.63. The molecule has 3 rings (SSSR count). The summed E-state index contributed by atoms with van der Waals surface area (Å²) in [5.41, 5.74) is 0.695. The number of amides is 1. The predicted octanol–water partition coefficient (Wildman–Crippen LogP) is 2.68. The molecule has 0 saturated carbocycles. The monoisotopic (exact) mass is 470 g/mol. The van der Waals surface area contributed by atoms with Gasteiger partial charge in [0.05, 0.1) is 17.0 Å². The van der Waals surface area contributed by atoms with Crippen molar-refractivity contribution in [2.24, 2.45) is 5.14 Å². The summed E-state index contributed by atoms with van der Waals surface area (Å²) in [5.74, 6) is -0.198. The average Bonchev–Trinajstić information content (AvgIpc) is 2.73. The molecule has 0 spiro atoms. The molecule has 7 nitrogen and oxygen atoms in total. The van der Waals surface area contributed by atoms with Crippen LogP contribution in [0, 0.1) is 0 Å². The van der Waals surface area contributed by atoms with E-state index >= 15 is 0 Å². The van der Waals surface area contributed by atoms with E-state index in [-0.39, 0.29) is 31.2 Å². The summed E-state index contributed by atoms with van der Waals surface area (Å²) in [5, 5.41) is 7.80. The van der Waals surface area contributed by atoms with Crippen LogP contribution in [-0.4, -0.2) is 51.9 Å². The third kappa shape index (κ3) is 5.99. The van der Waals surface area contributed by atoms with Gasteiger partial charge in [-0.1, -0.05) is 19.1 Å². The third-order valence-corrected chi connectivity index (χ3v) is 6.24. The molecule has 174 valence electrons. The molecule has 0 bridgehead atoms. The molecule has 3 N–H and O–H groups in total. The number of rotatable bonds is 6. The van der Waals surface area contributed by atoms with Crippen LogP contribution in [-0.2, 0) is 27.4 Å². The molecule has 1 fully saturated rings. The smallest absolute Gasteiger partial charge is 0.368 e. The molecular weight excluding hydrogens is 445 g/mol. The summed E-state index contributed by atoms with van der Waals surface area (Å²) >= 11 is 0. The van der Waals surface area contributed by atoms with Gasteiger partial charge in [0, 0.05) is 37.6 Å². The first kappa shape index (κ1) is 24.0. The number of nitrogens with one attached hydrogen (secondary N) is 1. The zero-order chi connectivity index (χ0) is 23.5. The molecule has 32 heavy (non-hydrogen) atoms. The van der Waals surface area contributed by atoms with E-state index in [1.165, 1.54) is 4.90 Å². The van der Waals surface area contributed by atoms with Crippen LogP contribution in [0.15, 0.2) is 47.4 Å². The number of piperazine rings is 1.